The maximum Gasteiger partial charge on any atom is 0.230 e. The summed E-state index contributed by atoms with van der Waals surface area (Å²) in [6, 6.07) is 9.29. The molecule has 1 N–H and O–H groups in total. The molecular weight excluding hydrogens is 322 g/mol. The number of carbonyl (C=O) groups is 3. The van der Waals surface area contributed by atoms with Crippen LogP contribution in [0.25, 0.3) is 0 Å². The van der Waals surface area contributed by atoms with Crippen LogP contribution in [0, 0.1) is 0 Å². The van der Waals surface area contributed by atoms with Gasteiger partial charge in [0.05, 0.1) is 18.7 Å². The van der Waals surface area contributed by atoms with Crippen molar-refractivity contribution >= 4 is 23.3 Å². The highest BCUT2D eigenvalue weighted by molar-refractivity contribution is 6.01. The summed E-state index contributed by atoms with van der Waals surface area (Å²) in [4.78, 5) is 42.0. The zero-order chi connectivity index (χ0) is 18.2. The van der Waals surface area contributed by atoms with E-state index in [1.165, 1.54) is 14.0 Å². The number of likely N-dealkylation sites (tertiary alicyclic amines) is 1. The van der Waals surface area contributed by atoms with Crippen molar-refractivity contribution < 1.29 is 19.2 Å². The minimum absolute atomic E-state index is 0.145. The van der Waals surface area contributed by atoms with Gasteiger partial charge in [0, 0.05) is 25.4 Å². The summed E-state index contributed by atoms with van der Waals surface area (Å²) in [6.07, 6.45) is 0.470. The van der Waals surface area contributed by atoms with E-state index in [1.807, 2.05) is 30.3 Å². The van der Waals surface area contributed by atoms with Crippen LogP contribution in [0.3, 0.4) is 0 Å². The Morgan fingerprint density at radius 3 is 2.64 bits per heavy atom. The first-order valence-electron chi connectivity index (χ1n) is 8.18. The maximum atomic E-state index is 12.3. The Kier molecular flexibility index (Phi) is 6.68. The number of nitrogens with one attached hydrogen (secondary N) is 1. The number of amides is 2. The number of Topliss-reactive ketones (excluding diaryl/α,β-unsaturated/α-hetero) is 1. The van der Waals surface area contributed by atoms with Crippen molar-refractivity contribution in [2.75, 3.05) is 13.7 Å². The minimum atomic E-state index is -0.309. The van der Waals surface area contributed by atoms with Crippen molar-refractivity contribution in [2.45, 2.75) is 38.8 Å². The summed E-state index contributed by atoms with van der Waals surface area (Å²) in [7, 11) is 1.44. The fourth-order valence-electron chi connectivity index (χ4n) is 2.84. The highest BCUT2D eigenvalue weighted by Gasteiger charge is 2.34. The summed E-state index contributed by atoms with van der Waals surface area (Å²) in [5, 5.41) is 6.75. The third-order valence-corrected chi connectivity index (χ3v) is 3.96. The van der Waals surface area contributed by atoms with Crippen molar-refractivity contribution in [1.29, 1.82) is 0 Å². The number of oxime groups is 1. The van der Waals surface area contributed by atoms with E-state index in [9.17, 15) is 14.4 Å². The van der Waals surface area contributed by atoms with Crippen molar-refractivity contribution in [1.82, 2.24) is 10.2 Å². The zero-order valence-corrected chi connectivity index (χ0v) is 14.5. The molecule has 1 aliphatic rings. The van der Waals surface area contributed by atoms with E-state index in [-0.39, 0.29) is 43.0 Å². The number of rotatable bonds is 7. The Balaban J connectivity index is 1.96. The lowest BCUT2D eigenvalue weighted by Gasteiger charge is -2.23. The number of nitrogens with zero attached hydrogens (tertiary/aromatic N) is 2. The standard InChI is InChI=1S/C18H23N3O4/c1-13(22)8-18(24)21-12-15(20-25-2)9-16(21)10-17(23)19-11-14-6-4-3-5-7-14/h3-7,16H,8-12H2,1-2H3,(H,19,23)/t16-/m0/s1. The quantitative estimate of drug-likeness (QED) is 0.595. The van der Waals surface area contributed by atoms with Crippen molar-refractivity contribution in [2.24, 2.45) is 5.16 Å². The summed E-state index contributed by atoms with van der Waals surface area (Å²) in [5.41, 5.74) is 1.70. The highest BCUT2D eigenvalue weighted by atomic mass is 16.6. The lowest BCUT2D eigenvalue weighted by Crippen LogP contribution is -2.39. The van der Waals surface area contributed by atoms with E-state index in [0.717, 1.165) is 5.56 Å². The van der Waals surface area contributed by atoms with Crippen molar-refractivity contribution in [3.63, 3.8) is 0 Å². The summed E-state index contributed by atoms with van der Waals surface area (Å²) < 4.78 is 0. The van der Waals surface area contributed by atoms with Crippen molar-refractivity contribution in [3.8, 4) is 0 Å². The Morgan fingerprint density at radius 1 is 1.28 bits per heavy atom. The Hall–Kier alpha value is -2.70. The molecule has 1 heterocycles. The highest BCUT2D eigenvalue weighted by Crippen LogP contribution is 2.20. The van der Waals surface area contributed by atoms with Gasteiger partial charge < -0.3 is 15.1 Å². The second-order valence-corrected chi connectivity index (χ2v) is 6.06. The van der Waals surface area contributed by atoms with Crippen molar-refractivity contribution in [3.05, 3.63) is 35.9 Å². The van der Waals surface area contributed by atoms with Crippen LogP contribution >= 0.6 is 0 Å². The van der Waals surface area contributed by atoms with Gasteiger partial charge in [0.15, 0.2) is 0 Å². The Bertz CT molecular complexity index is 658. The SMILES string of the molecule is CON=C1C[C@@H](CC(=O)NCc2ccccc2)N(C(=O)CC(C)=O)C1. The number of hydrogen-bond donors (Lipinski definition) is 1. The summed E-state index contributed by atoms with van der Waals surface area (Å²) in [5.74, 6) is -0.628. The van der Waals surface area contributed by atoms with Gasteiger partial charge in [0.25, 0.3) is 0 Å². The molecule has 1 aromatic carbocycles. The number of ketones is 1. The van der Waals surface area contributed by atoms with Gasteiger partial charge in [-0.2, -0.15) is 0 Å². The fourth-order valence-corrected chi connectivity index (χ4v) is 2.84. The first-order valence-corrected chi connectivity index (χ1v) is 8.18. The van der Waals surface area contributed by atoms with Crippen LogP contribution in [-0.2, 0) is 25.8 Å². The third kappa shape index (κ3) is 5.70. The molecule has 0 bridgehead atoms. The molecule has 0 radical (unpaired) electrons. The molecule has 7 heteroatoms. The molecule has 0 aromatic heterocycles. The van der Waals surface area contributed by atoms with E-state index in [2.05, 4.69) is 10.5 Å². The van der Waals surface area contributed by atoms with E-state index in [1.54, 1.807) is 4.90 Å². The van der Waals surface area contributed by atoms with E-state index in [4.69, 9.17) is 4.84 Å². The van der Waals surface area contributed by atoms with Crippen LogP contribution in [0.15, 0.2) is 35.5 Å². The van der Waals surface area contributed by atoms with E-state index < -0.39 is 0 Å². The molecule has 1 aromatic rings. The normalized spacial score (nSPS) is 18.2. The van der Waals surface area contributed by atoms with Crippen LogP contribution in [0.5, 0.6) is 0 Å². The van der Waals surface area contributed by atoms with Crippen LogP contribution in [0.4, 0.5) is 0 Å². The first kappa shape index (κ1) is 18.6. The molecule has 0 spiro atoms. The smallest absolute Gasteiger partial charge is 0.230 e. The van der Waals surface area contributed by atoms with E-state index >= 15 is 0 Å². The molecule has 1 fully saturated rings. The zero-order valence-electron chi connectivity index (χ0n) is 14.5. The predicted molar refractivity (Wildman–Crippen MR) is 92.8 cm³/mol. The van der Waals surface area contributed by atoms with Gasteiger partial charge in [-0.3, -0.25) is 14.4 Å². The van der Waals surface area contributed by atoms with Gasteiger partial charge in [-0.15, -0.1) is 0 Å². The molecule has 0 aliphatic carbocycles. The molecule has 25 heavy (non-hydrogen) atoms. The average Bonchev–Trinajstić information content (AvgIpc) is 2.96. The summed E-state index contributed by atoms with van der Waals surface area (Å²) >= 11 is 0. The van der Waals surface area contributed by atoms with Crippen LogP contribution in [0.1, 0.15) is 31.7 Å². The largest absolute Gasteiger partial charge is 0.399 e. The monoisotopic (exact) mass is 345 g/mol. The molecule has 1 atom stereocenters. The van der Waals surface area contributed by atoms with Gasteiger partial charge in [-0.1, -0.05) is 35.5 Å². The topological polar surface area (TPSA) is 88.1 Å². The van der Waals surface area contributed by atoms with E-state index in [0.29, 0.717) is 18.7 Å². The second-order valence-electron chi connectivity index (χ2n) is 6.06. The van der Waals surface area contributed by atoms with Gasteiger partial charge in [-0.25, -0.2) is 0 Å². The molecular formula is C18H23N3O4. The number of benzene rings is 1. The van der Waals surface area contributed by atoms with Crippen LogP contribution in [-0.4, -0.2) is 47.9 Å². The summed E-state index contributed by atoms with van der Waals surface area (Å²) in [6.45, 7) is 2.10. The average molecular weight is 345 g/mol. The van der Waals surface area contributed by atoms with Gasteiger partial charge in [0.2, 0.25) is 11.8 Å². The lowest BCUT2D eigenvalue weighted by molar-refractivity contribution is -0.135. The lowest BCUT2D eigenvalue weighted by atomic mass is 10.1. The molecule has 7 nitrogen and oxygen atoms in total. The van der Waals surface area contributed by atoms with Crippen LogP contribution < -0.4 is 5.32 Å². The van der Waals surface area contributed by atoms with Gasteiger partial charge in [0.1, 0.15) is 12.9 Å². The molecule has 0 unspecified atom stereocenters. The van der Waals surface area contributed by atoms with Gasteiger partial charge in [-0.05, 0) is 12.5 Å². The maximum absolute atomic E-state index is 12.3. The molecule has 0 saturated carbocycles. The number of hydrogen-bond acceptors (Lipinski definition) is 5. The number of carbonyl (C=O) groups excluding carboxylic acids is 3. The predicted octanol–water partition coefficient (Wildman–Crippen LogP) is 1.28. The second kappa shape index (κ2) is 8.96. The van der Waals surface area contributed by atoms with Gasteiger partial charge >= 0.3 is 0 Å². The molecule has 2 rings (SSSR count). The minimum Gasteiger partial charge on any atom is -0.399 e. The third-order valence-electron chi connectivity index (χ3n) is 3.96. The molecule has 1 saturated heterocycles. The van der Waals surface area contributed by atoms with Crippen LogP contribution in [0.2, 0.25) is 0 Å². The Morgan fingerprint density at radius 2 is 2.00 bits per heavy atom. The first-order chi connectivity index (χ1) is 12.0. The fraction of sp³-hybridized carbons (Fsp3) is 0.444. The Labute approximate surface area is 147 Å². The molecule has 1 aliphatic heterocycles. The molecule has 2 amide bonds. The molecule has 134 valence electrons.